The van der Waals surface area contributed by atoms with Crippen molar-refractivity contribution in [1.29, 1.82) is 0 Å². The minimum absolute atomic E-state index is 0.303. The van der Waals surface area contributed by atoms with Crippen LogP contribution in [0.5, 0.6) is 0 Å². The summed E-state index contributed by atoms with van der Waals surface area (Å²) < 4.78 is 5.31. The Kier molecular flexibility index (Phi) is 5.45. The van der Waals surface area contributed by atoms with Crippen LogP contribution in [0.2, 0.25) is 0 Å². The Balaban J connectivity index is 1.96. The minimum atomic E-state index is 0.303. The van der Waals surface area contributed by atoms with Gasteiger partial charge in [0.1, 0.15) is 0 Å². The van der Waals surface area contributed by atoms with Gasteiger partial charge in [0.25, 0.3) is 0 Å². The lowest BCUT2D eigenvalue weighted by Crippen LogP contribution is -2.37. The van der Waals surface area contributed by atoms with Crippen molar-refractivity contribution in [3.8, 4) is 0 Å². The molecular formula is C11H24N2O. The Morgan fingerprint density at radius 1 is 1.50 bits per heavy atom. The number of hydrogen-bond donors (Lipinski definition) is 2. The van der Waals surface area contributed by atoms with E-state index in [-0.39, 0.29) is 0 Å². The number of nitrogens with one attached hydrogen (secondary N) is 1. The van der Waals surface area contributed by atoms with Crippen LogP contribution in [0, 0.1) is 11.8 Å². The zero-order valence-electron chi connectivity index (χ0n) is 9.46. The third-order valence-corrected chi connectivity index (χ3v) is 2.64. The molecule has 0 aliphatic carbocycles. The maximum atomic E-state index is 5.97. The summed E-state index contributed by atoms with van der Waals surface area (Å²) in [4.78, 5) is 0. The standard InChI is InChI=1S/C11H24N2O/c1-9(2)5-11(12)7-13-6-10-3-4-14-8-10/h9-11,13H,3-8,12H2,1-2H3. The first-order valence-electron chi connectivity index (χ1n) is 5.72. The van der Waals surface area contributed by atoms with Crippen molar-refractivity contribution in [3.05, 3.63) is 0 Å². The van der Waals surface area contributed by atoms with Crippen molar-refractivity contribution in [1.82, 2.24) is 5.32 Å². The summed E-state index contributed by atoms with van der Waals surface area (Å²) in [5.41, 5.74) is 5.97. The summed E-state index contributed by atoms with van der Waals surface area (Å²) in [7, 11) is 0. The predicted octanol–water partition coefficient (Wildman–Crippen LogP) is 0.986. The van der Waals surface area contributed by atoms with Gasteiger partial charge >= 0.3 is 0 Å². The van der Waals surface area contributed by atoms with Crippen LogP contribution in [0.1, 0.15) is 26.7 Å². The molecule has 0 radical (unpaired) electrons. The zero-order valence-corrected chi connectivity index (χ0v) is 9.46. The van der Waals surface area contributed by atoms with Crippen molar-refractivity contribution in [2.45, 2.75) is 32.7 Å². The van der Waals surface area contributed by atoms with Crippen molar-refractivity contribution >= 4 is 0 Å². The normalized spacial score (nSPS) is 24.4. The Morgan fingerprint density at radius 3 is 2.86 bits per heavy atom. The Bertz CT molecular complexity index is 144. The molecule has 2 unspecified atom stereocenters. The third kappa shape index (κ3) is 4.94. The number of hydrogen-bond acceptors (Lipinski definition) is 3. The summed E-state index contributed by atoms with van der Waals surface area (Å²) in [5, 5.41) is 3.43. The molecule has 1 heterocycles. The van der Waals surface area contributed by atoms with Crippen LogP contribution in [-0.2, 0) is 4.74 Å². The average Bonchev–Trinajstić information content (AvgIpc) is 2.55. The molecule has 14 heavy (non-hydrogen) atoms. The molecular weight excluding hydrogens is 176 g/mol. The number of nitrogens with two attached hydrogens (primary N) is 1. The van der Waals surface area contributed by atoms with Gasteiger partial charge in [-0.1, -0.05) is 13.8 Å². The van der Waals surface area contributed by atoms with Crippen LogP contribution in [0.3, 0.4) is 0 Å². The molecule has 0 aromatic heterocycles. The average molecular weight is 200 g/mol. The second-order valence-electron chi connectivity index (χ2n) is 4.78. The van der Waals surface area contributed by atoms with E-state index in [1.165, 1.54) is 6.42 Å². The van der Waals surface area contributed by atoms with Gasteiger partial charge < -0.3 is 15.8 Å². The molecule has 3 nitrogen and oxygen atoms in total. The minimum Gasteiger partial charge on any atom is -0.381 e. The Labute approximate surface area is 87.4 Å². The van der Waals surface area contributed by atoms with Gasteiger partial charge in [-0.2, -0.15) is 0 Å². The van der Waals surface area contributed by atoms with Crippen LogP contribution in [0.25, 0.3) is 0 Å². The highest BCUT2D eigenvalue weighted by Gasteiger charge is 2.15. The Morgan fingerprint density at radius 2 is 2.29 bits per heavy atom. The van der Waals surface area contributed by atoms with Crippen LogP contribution in [-0.4, -0.2) is 32.3 Å². The Hall–Kier alpha value is -0.120. The summed E-state index contributed by atoms with van der Waals surface area (Å²) in [6.45, 7) is 8.28. The van der Waals surface area contributed by atoms with Gasteiger partial charge in [0, 0.05) is 25.7 Å². The largest absolute Gasteiger partial charge is 0.381 e. The molecule has 84 valence electrons. The predicted molar refractivity (Wildman–Crippen MR) is 59.2 cm³/mol. The van der Waals surface area contributed by atoms with E-state index in [1.807, 2.05) is 0 Å². The van der Waals surface area contributed by atoms with E-state index in [4.69, 9.17) is 10.5 Å². The first-order chi connectivity index (χ1) is 6.68. The number of rotatable bonds is 6. The van der Waals surface area contributed by atoms with Gasteiger partial charge in [-0.25, -0.2) is 0 Å². The van der Waals surface area contributed by atoms with Crippen LogP contribution < -0.4 is 11.1 Å². The summed E-state index contributed by atoms with van der Waals surface area (Å²) in [6.07, 6.45) is 2.31. The molecule has 0 amide bonds. The van der Waals surface area contributed by atoms with Gasteiger partial charge in [0.15, 0.2) is 0 Å². The lowest BCUT2D eigenvalue weighted by molar-refractivity contribution is 0.185. The molecule has 1 aliphatic heterocycles. The van der Waals surface area contributed by atoms with Gasteiger partial charge in [-0.15, -0.1) is 0 Å². The SMILES string of the molecule is CC(C)CC(N)CNCC1CCOC1. The lowest BCUT2D eigenvalue weighted by atomic mass is 10.0. The van der Waals surface area contributed by atoms with Gasteiger partial charge in [-0.05, 0) is 24.7 Å². The maximum absolute atomic E-state index is 5.97. The third-order valence-electron chi connectivity index (χ3n) is 2.64. The van der Waals surface area contributed by atoms with E-state index >= 15 is 0 Å². The lowest BCUT2D eigenvalue weighted by Gasteiger charge is -2.16. The van der Waals surface area contributed by atoms with Crippen LogP contribution >= 0.6 is 0 Å². The van der Waals surface area contributed by atoms with E-state index in [9.17, 15) is 0 Å². The van der Waals surface area contributed by atoms with Crippen LogP contribution in [0.15, 0.2) is 0 Å². The van der Waals surface area contributed by atoms with E-state index < -0.39 is 0 Å². The molecule has 0 aromatic carbocycles. The van der Waals surface area contributed by atoms with Crippen molar-refractivity contribution in [2.75, 3.05) is 26.3 Å². The monoisotopic (exact) mass is 200 g/mol. The van der Waals surface area contributed by atoms with E-state index in [0.717, 1.165) is 32.7 Å². The highest BCUT2D eigenvalue weighted by atomic mass is 16.5. The molecule has 0 aromatic rings. The van der Waals surface area contributed by atoms with E-state index in [0.29, 0.717) is 17.9 Å². The second-order valence-corrected chi connectivity index (χ2v) is 4.78. The molecule has 1 saturated heterocycles. The quantitative estimate of drug-likeness (QED) is 0.672. The molecule has 0 spiro atoms. The van der Waals surface area contributed by atoms with Gasteiger partial charge in [0.05, 0.1) is 6.61 Å². The first kappa shape index (κ1) is 12.0. The highest BCUT2D eigenvalue weighted by molar-refractivity contribution is 4.70. The first-order valence-corrected chi connectivity index (χ1v) is 5.72. The fourth-order valence-corrected chi connectivity index (χ4v) is 1.91. The second kappa shape index (κ2) is 6.38. The molecule has 1 fully saturated rings. The van der Waals surface area contributed by atoms with E-state index in [1.54, 1.807) is 0 Å². The van der Waals surface area contributed by atoms with Crippen LogP contribution in [0.4, 0.5) is 0 Å². The summed E-state index contributed by atoms with van der Waals surface area (Å²) >= 11 is 0. The molecule has 0 saturated carbocycles. The van der Waals surface area contributed by atoms with Gasteiger partial charge in [0.2, 0.25) is 0 Å². The molecule has 3 heteroatoms. The number of ether oxygens (including phenoxy) is 1. The highest BCUT2D eigenvalue weighted by Crippen LogP contribution is 2.10. The molecule has 1 aliphatic rings. The smallest absolute Gasteiger partial charge is 0.0507 e. The molecule has 0 bridgehead atoms. The fraction of sp³-hybridized carbons (Fsp3) is 1.00. The van der Waals surface area contributed by atoms with Gasteiger partial charge in [-0.3, -0.25) is 0 Å². The van der Waals surface area contributed by atoms with E-state index in [2.05, 4.69) is 19.2 Å². The van der Waals surface area contributed by atoms with Crippen molar-refractivity contribution < 1.29 is 4.74 Å². The molecule has 3 N–H and O–H groups in total. The zero-order chi connectivity index (χ0) is 10.4. The van der Waals surface area contributed by atoms with Crippen molar-refractivity contribution in [2.24, 2.45) is 17.6 Å². The summed E-state index contributed by atoms with van der Waals surface area (Å²) in [5.74, 6) is 1.41. The topological polar surface area (TPSA) is 47.3 Å². The molecule has 1 rings (SSSR count). The maximum Gasteiger partial charge on any atom is 0.0507 e. The van der Waals surface area contributed by atoms with Crippen molar-refractivity contribution in [3.63, 3.8) is 0 Å². The fourth-order valence-electron chi connectivity index (χ4n) is 1.91. The molecule has 2 atom stereocenters. The summed E-state index contributed by atoms with van der Waals surface area (Å²) in [6, 6.07) is 0.303.